The number of hydrogen-bond acceptors (Lipinski definition) is 4. The van der Waals surface area contributed by atoms with Crippen molar-refractivity contribution in [3.8, 4) is 5.75 Å². The number of amides is 3. The lowest BCUT2D eigenvalue weighted by Crippen LogP contribution is -2.27. The first-order chi connectivity index (χ1) is 12.4. The van der Waals surface area contributed by atoms with E-state index in [4.69, 9.17) is 10.5 Å². The lowest BCUT2D eigenvalue weighted by Gasteiger charge is -2.08. The average molecular weight is 420 g/mol. The molecule has 0 saturated heterocycles. The van der Waals surface area contributed by atoms with Crippen LogP contribution < -0.4 is 21.1 Å². The molecule has 0 radical (unpaired) electrons. The van der Waals surface area contributed by atoms with E-state index in [0.717, 1.165) is 4.47 Å². The molecule has 2 aromatic rings. The molecule has 0 heterocycles. The van der Waals surface area contributed by atoms with Crippen LogP contribution >= 0.6 is 15.9 Å². The van der Waals surface area contributed by atoms with E-state index in [0.29, 0.717) is 17.0 Å². The molecule has 0 fully saturated rings. The van der Waals surface area contributed by atoms with E-state index in [-0.39, 0.29) is 31.4 Å². The van der Waals surface area contributed by atoms with E-state index in [1.54, 1.807) is 48.5 Å². The molecule has 0 aromatic heterocycles. The van der Waals surface area contributed by atoms with Gasteiger partial charge in [-0.25, -0.2) is 0 Å². The summed E-state index contributed by atoms with van der Waals surface area (Å²) in [7, 11) is 0. The molecule has 26 heavy (non-hydrogen) atoms. The largest absolute Gasteiger partial charge is 0.484 e. The number of nitrogens with one attached hydrogen (secondary N) is 2. The van der Waals surface area contributed by atoms with Crippen molar-refractivity contribution in [2.45, 2.75) is 6.42 Å². The number of carbonyl (C=O) groups excluding carboxylic acids is 3. The van der Waals surface area contributed by atoms with Crippen molar-refractivity contribution < 1.29 is 19.1 Å². The van der Waals surface area contributed by atoms with Gasteiger partial charge in [0.05, 0.1) is 0 Å². The molecule has 3 amide bonds. The van der Waals surface area contributed by atoms with E-state index in [1.165, 1.54) is 0 Å². The topological polar surface area (TPSA) is 111 Å². The molecular weight excluding hydrogens is 402 g/mol. The maximum Gasteiger partial charge on any atom is 0.255 e. The van der Waals surface area contributed by atoms with Gasteiger partial charge < -0.3 is 21.1 Å². The molecule has 7 nitrogen and oxygen atoms in total. The summed E-state index contributed by atoms with van der Waals surface area (Å²) < 4.78 is 6.02. The Kier molecular flexibility index (Phi) is 7.16. The summed E-state index contributed by atoms with van der Waals surface area (Å²) in [4.78, 5) is 34.5. The highest BCUT2D eigenvalue weighted by atomic mass is 79.9. The van der Waals surface area contributed by atoms with Crippen LogP contribution in [0, 0.1) is 0 Å². The van der Waals surface area contributed by atoms with Crippen molar-refractivity contribution in [1.29, 1.82) is 0 Å². The first-order valence-electron chi connectivity index (χ1n) is 7.79. The molecule has 0 aliphatic heterocycles. The molecule has 8 heteroatoms. The third-order valence-corrected chi connectivity index (χ3v) is 3.79. The van der Waals surface area contributed by atoms with Crippen LogP contribution in [0.15, 0.2) is 53.0 Å². The normalized spacial score (nSPS) is 10.0. The summed E-state index contributed by atoms with van der Waals surface area (Å²) in [6.07, 6.45) is 0.141. The lowest BCUT2D eigenvalue weighted by atomic mass is 10.2. The maximum absolute atomic E-state index is 11.9. The Hall–Kier alpha value is -2.87. The van der Waals surface area contributed by atoms with Gasteiger partial charge in [-0.1, -0.05) is 15.9 Å². The highest BCUT2D eigenvalue weighted by Gasteiger charge is 2.07. The summed E-state index contributed by atoms with van der Waals surface area (Å²) in [5, 5.41) is 5.40. The second kappa shape index (κ2) is 9.57. The molecule has 0 spiro atoms. The number of primary amides is 1. The number of rotatable bonds is 8. The Balaban J connectivity index is 1.73. The van der Waals surface area contributed by atoms with Crippen molar-refractivity contribution in [1.82, 2.24) is 5.32 Å². The first-order valence-corrected chi connectivity index (χ1v) is 8.58. The Labute approximate surface area is 159 Å². The zero-order chi connectivity index (χ0) is 18.9. The first kappa shape index (κ1) is 19.5. The summed E-state index contributed by atoms with van der Waals surface area (Å²) in [6, 6.07) is 13.5. The highest BCUT2D eigenvalue weighted by molar-refractivity contribution is 9.10. The molecule has 0 atom stereocenters. The van der Waals surface area contributed by atoms with Gasteiger partial charge >= 0.3 is 0 Å². The van der Waals surface area contributed by atoms with Gasteiger partial charge in [0.15, 0.2) is 6.61 Å². The number of anilines is 1. The van der Waals surface area contributed by atoms with Crippen molar-refractivity contribution >= 4 is 39.3 Å². The number of ether oxygens (including phenoxy) is 1. The van der Waals surface area contributed by atoms with E-state index in [2.05, 4.69) is 26.6 Å². The lowest BCUT2D eigenvalue weighted by molar-refractivity contribution is -0.120. The van der Waals surface area contributed by atoms with Gasteiger partial charge in [0.1, 0.15) is 5.75 Å². The van der Waals surface area contributed by atoms with E-state index in [9.17, 15) is 14.4 Å². The fourth-order valence-corrected chi connectivity index (χ4v) is 2.27. The second-order valence-corrected chi connectivity index (χ2v) is 6.26. The number of halogens is 1. The number of hydrogen-bond donors (Lipinski definition) is 3. The molecule has 0 unspecified atom stereocenters. The fraction of sp³-hybridized carbons (Fsp3) is 0.167. The molecule has 4 N–H and O–H groups in total. The van der Waals surface area contributed by atoms with Gasteiger partial charge in [-0.2, -0.15) is 0 Å². The minimum Gasteiger partial charge on any atom is -0.484 e. The van der Waals surface area contributed by atoms with Crippen LogP contribution in [0.5, 0.6) is 5.75 Å². The molecule has 0 aliphatic rings. The molecule has 2 aromatic carbocycles. The van der Waals surface area contributed by atoms with Crippen LogP contribution in [0.4, 0.5) is 5.69 Å². The number of benzene rings is 2. The maximum atomic E-state index is 11.9. The molecule has 2 rings (SSSR count). The number of carbonyl (C=O) groups is 3. The molecule has 0 aliphatic carbocycles. The zero-order valence-corrected chi connectivity index (χ0v) is 15.4. The van der Waals surface area contributed by atoms with Gasteiger partial charge in [-0.3, -0.25) is 14.4 Å². The van der Waals surface area contributed by atoms with Crippen LogP contribution in [0.3, 0.4) is 0 Å². The second-order valence-electron chi connectivity index (χ2n) is 5.34. The molecule has 0 bridgehead atoms. The van der Waals surface area contributed by atoms with Crippen molar-refractivity contribution in [2.24, 2.45) is 5.73 Å². The Bertz CT molecular complexity index is 776. The monoisotopic (exact) mass is 419 g/mol. The molecule has 136 valence electrons. The quantitative estimate of drug-likeness (QED) is 0.607. The minimum atomic E-state index is -0.562. The summed E-state index contributed by atoms with van der Waals surface area (Å²) >= 11 is 3.30. The highest BCUT2D eigenvalue weighted by Crippen LogP contribution is 2.15. The summed E-state index contributed by atoms with van der Waals surface area (Å²) in [5.41, 5.74) is 6.11. The average Bonchev–Trinajstić information content (AvgIpc) is 2.61. The predicted octanol–water partition coefficient (Wildman–Crippen LogP) is 2.07. The third kappa shape index (κ3) is 6.56. The van der Waals surface area contributed by atoms with Crippen LogP contribution in [-0.4, -0.2) is 30.9 Å². The van der Waals surface area contributed by atoms with Gasteiger partial charge in [-0.05, 0) is 48.5 Å². The van der Waals surface area contributed by atoms with Gasteiger partial charge in [0.25, 0.3) is 11.8 Å². The Morgan fingerprint density at radius 2 is 1.65 bits per heavy atom. The summed E-state index contributed by atoms with van der Waals surface area (Å²) in [6.45, 7) is 0.0182. The van der Waals surface area contributed by atoms with Crippen LogP contribution in [-0.2, 0) is 9.59 Å². The van der Waals surface area contributed by atoms with Crippen molar-refractivity contribution in [2.75, 3.05) is 18.5 Å². The van der Waals surface area contributed by atoms with Crippen LogP contribution in [0.1, 0.15) is 16.8 Å². The van der Waals surface area contributed by atoms with Gasteiger partial charge in [0.2, 0.25) is 5.91 Å². The van der Waals surface area contributed by atoms with E-state index in [1.807, 2.05) is 0 Å². The summed E-state index contributed by atoms with van der Waals surface area (Å²) in [5.74, 6) is -0.552. The van der Waals surface area contributed by atoms with Crippen LogP contribution in [0.2, 0.25) is 0 Å². The molecular formula is C18H18BrN3O4. The third-order valence-electron chi connectivity index (χ3n) is 3.26. The zero-order valence-electron chi connectivity index (χ0n) is 13.8. The fourth-order valence-electron chi connectivity index (χ4n) is 2.01. The smallest absolute Gasteiger partial charge is 0.255 e. The Morgan fingerprint density at radius 1 is 1.00 bits per heavy atom. The Morgan fingerprint density at radius 3 is 2.27 bits per heavy atom. The SMILES string of the molecule is NC(=O)COc1ccc(NC(=O)CCNC(=O)c2ccc(Br)cc2)cc1. The van der Waals surface area contributed by atoms with Crippen molar-refractivity contribution in [3.63, 3.8) is 0 Å². The predicted molar refractivity (Wildman–Crippen MR) is 101 cm³/mol. The minimum absolute atomic E-state index is 0.141. The van der Waals surface area contributed by atoms with Gasteiger partial charge in [0, 0.05) is 28.7 Å². The van der Waals surface area contributed by atoms with Crippen LogP contribution in [0.25, 0.3) is 0 Å². The number of nitrogens with two attached hydrogens (primary N) is 1. The molecule has 0 saturated carbocycles. The van der Waals surface area contributed by atoms with Crippen molar-refractivity contribution in [3.05, 3.63) is 58.6 Å². The van der Waals surface area contributed by atoms with E-state index >= 15 is 0 Å². The standard InChI is InChI=1S/C18H18BrN3O4/c19-13-3-1-12(2-4-13)18(25)21-10-9-17(24)22-14-5-7-15(8-6-14)26-11-16(20)23/h1-8H,9-11H2,(H2,20,23)(H,21,25)(H,22,24). The van der Waals surface area contributed by atoms with Gasteiger partial charge in [-0.15, -0.1) is 0 Å². The van der Waals surface area contributed by atoms with E-state index < -0.39 is 5.91 Å².